The number of benzene rings is 1. The van der Waals surface area contributed by atoms with Crippen molar-refractivity contribution < 1.29 is 19.1 Å². The number of nitrogens with one attached hydrogen (secondary N) is 1. The molecule has 0 aromatic heterocycles. The number of carbonyl (C=O) groups excluding carboxylic acids is 3. The monoisotopic (exact) mass is 396 g/mol. The van der Waals surface area contributed by atoms with E-state index >= 15 is 0 Å². The summed E-state index contributed by atoms with van der Waals surface area (Å²) < 4.78 is 5.75. The number of aryl methyl sites for hydroxylation is 2. The molecule has 1 aromatic carbocycles. The van der Waals surface area contributed by atoms with Gasteiger partial charge in [0.15, 0.2) is 6.10 Å². The molecule has 3 aliphatic rings. The number of hydrazine groups is 1. The fourth-order valence-electron chi connectivity index (χ4n) is 5.56. The lowest BCUT2D eigenvalue weighted by Gasteiger charge is -2.22. The van der Waals surface area contributed by atoms with E-state index in [9.17, 15) is 14.4 Å². The molecule has 1 N–H and O–H groups in total. The third kappa shape index (κ3) is 3.15. The highest BCUT2D eigenvalue weighted by Gasteiger charge is 2.63. The number of nitrogens with zero attached hydrogens (tertiary/aromatic N) is 1. The largest absolute Gasteiger partial charge is 0.481 e. The Bertz CT molecular complexity index is 879. The lowest BCUT2D eigenvalue weighted by molar-refractivity contribution is -0.151. The van der Waals surface area contributed by atoms with Crippen molar-refractivity contribution in [2.75, 3.05) is 0 Å². The van der Waals surface area contributed by atoms with Crippen molar-refractivity contribution in [3.63, 3.8) is 0 Å². The summed E-state index contributed by atoms with van der Waals surface area (Å²) in [4.78, 5) is 38.6. The van der Waals surface area contributed by atoms with E-state index in [1.807, 2.05) is 32.0 Å². The molecule has 3 amide bonds. The van der Waals surface area contributed by atoms with Crippen LogP contribution in [0.1, 0.15) is 44.7 Å². The first-order valence-corrected chi connectivity index (χ1v) is 10.3. The van der Waals surface area contributed by atoms with Crippen molar-refractivity contribution >= 4 is 17.7 Å². The molecule has 2 saturated carbocycles. The number of rotatable bonds is 4. The summed E-state index contributed by atoms with van der Waals surface area (Å²) in [5, 5.41) is 0.951. The van der Waals surface area contributed by atoms with Gasteiger partial charge in [-0.2, -0.15) is 5.01 Å². The van der Waals surface area contributed by atoms with Gasteiger partial charge in [0.2, 0.25) is 0 Å². The normalized spacial score (nSPS) is 28.6. The zero-order valence-electron chi connectivity index (χ0n) is 17.6. The summed E-state index contributed by atoms with van der Waals surface area (Å²) >= 11 is 0. The van der Waals surface area contributed by atoms with Gasteiger partial charge in [-0.05, 0) is 82.6 Å². The maximum absolute atomic E-state index is 13.0. The Labute approximate surface area is 171 Å². The zero-order chi connectivity index (χ0) is 21.0. The molecule has 6 heteroatoms. The fraction of sp³-hybridized carbons (Fsp3) is 0.522. The van der Waals surface area contributed by atoms with Crippen LogP contribution in [0.15, 0.2) is 29.3 Å². The van der Waals surface area contributed by atoms with Crippen LogP contribution in [0.4, 0.5) is 0 Å². The van der Waals surface area contributed by atoms with Crippen molar-refractivity contribution in [2.45, 2.75) is 53.6 Å². The van der Waals surface area contributed by atoms with E-state index in [0.717, 1.165) is 29.0 Å². The molecule has 154 valence electrons. The van der Waals surface area contributed by atoms with Gasteiger partial charge in [-0.1, -0.05) is 17.2 Å². The van der Waals surface area contributed by atoms with Crippen LogP contribution in [0.25, 0.3) is 0 Å². The van der Waals surface area contributed by atoms with Crippen molar-refractivity contribution in [1.29, 1.82) is 0 Å². The average molecular weight is 396 g/mol. The zero-order valence-corrected chi connectivity index (χ0v) is 17.6. The molecular weight excluding hydrogens is 368 g/mol. The van der Waals surface area contributed by atoms with Gasteiger partial charge >= 0.3 is 0 Å². The van der Waals surface area contributed by atoms with Crippen molar-refractivity contribution in [2.24, 2.45) is 23.7 Å². The maximum atomic E-state index is 13.0. The van der Waals surface area contributed by atoms with Crippen LogP contribution in [-0.2, 0) is 14.4 Å². The summed E-state index contributed by atoms with van der Waals surface area (Å²) in [6.45, 7) is 9.65. The number of amides is 3. The standard InChI is InChI=1S/C23H28N2O4/c1-11(2)18-16-6-7-17(18)20-19(16)22(27)25(23(20)28)24-21(26)14(5)29-15-9-12(3)8-13(4)10-15/h8-10,14,16-17,19-20H,6-7H2,1-5H3,(H,24,26)/t14-,16-,17-,19-,20+/m1/s1. The molecule has 1 heterocycles. The minimum absolute atomic E-state index is 0.136. The third-order valence-corrected chi connectivity index (χ3v) is 6.53. The minimum atomic E-state index is -0.831. The number of ether oxygens (including phenoxy) is 1. The number of carbonyl (C=O) groups is 3. The SMILES string of the molecule is CC(C)=C1[C@H]2CC[C@H]1[C@H]1C(=O)N(NC(=O)[C@@H](C)Oc3cc(C)cc(C)c3)C(=O)[C@H]12. The number of allylic oxidation sites excluding steroid dienone is 2. The predicted molar refractivity (Wildman–Crippen MR) is 108 cm³/mol. The predicted octanol–water partition coefficient (Wildman–Crippen LogP) is 3.08. The van der Waals surface area contributed by atoms with E-state index in [2.05, 4.69) is 19.3 Å². The number of fused-ring (bicyclic) bond motifs is 5. The molecule has 2 aliphatic carbocycles. The summed E-state index contributed by atoms with van der Waals surface area (Å²) in [6, 6.07) is 5.73. The van der Waals surface area contributed by atoms with Gasteiger partial charge in [0.1, 0.15) is 5.75 Å². The fourth-order valence-corrected chi connectivity index (χ4v) is 5.56. The second-order valence-corrected chi connectivity index (χ2v) is 8.87. The highest BCUT2D eigenvalue weighted by molar-refractivity contribution is 6.07. The third-order valence-electron chi connectivity index (χ3n) is 6.53. The van der Waals surface area contributed by atoms with Crippen molar-refractivity contribution in [3.8, 4) is 5.75 Å². The second-order valence-electron chi connectivity index (χ2n) is 8.87. The molecule has 0 radical (unpaired) electrons. The summed E-state index contributed by atoms with van der Waals surface area (Å²) in [5.41, 5.74) is 7.11. The van der Waals surface area contributed by atoms with E-state index in [-0.39, 0.29) is 35.5 Å². The average Bonchev–Trinajstić information content (AvgIpc) is 3.26. The molecule has 1 saturated heterocycles. The number of hydrogen-bond donors (Lipinski definition) is 1. The molecule has 4 rings (SSSR count). The minimum Gasteiger partial charge on any atom is -0.481 e. The molecule has 6 nitrogen and oxygen atoms in total. The Morgan fingerprint density at radius 3 is 2.03 bits per heavy atom. The Kier molecular flexibility index (Phi) is 4.75. The Balaban J connectivity index is 1.47. The molecule has 1 aromatic rings. The summed E-state index contributed by atoms with van der Waals surface area (Å²) in [6.07, 6.45) is 1.06. The van der Waals surface area contributed by atoms with E-state index in [0.29, 0.717) is 5.75 Å². The highest BCUT2D eigenvalue weighted by Crippen LogP contribution is 2.59. The van der Waals surface area contributed by atoms with Crippen LogP contribution >= 0.6 is 0 Å². The molecular formula is C23H28N2O4. The molecule has 2 bridgehead atoms. The van der Waals surface area contributed by atoms with Gasteiger partial charge < -0.3 is 4.74 Å². The molecule has 29 heavy (non-hydrogen) atoms. The molecule has 0 unspecified atom stereocenters. The van der Waals surface area contributed by atoms with Crippen LogP contribution in [0, 0.1) is 37.5 Å². The van der Waals surface area contributed by atoms with E-state index in [1.54, 1.807) is 6.92 Å². The van der Waals surface area contributed by atoms with Crippen molar-refractivity contribution in [3.05, 3.63) is 40.5 Å². The molecule has 5 atom stereocenters. The van der Waals surface area contributed by atoms with Gasteiger partial charge in [-0.25, -0.2) is 0 Å². The lowest BCUT2D eigenvalue weighted by Crippen LogP contribution is -2.51. The van der Waals surface area contributed by atoms with E-state index in [1.165, 1.54) is 11.1 Å². The number of hydrogen-bond acceptors (Lipinski definition) is 4. The van der Waals surface area contributed by atoms with Gasteiger partial charge in [-0.3, -0.25) is 19.8 Å². The van der Waals surface area contributed by atoms with Gasteiger partial charge in [-0.15, -0.1) is 0 Å². The topological polar surface area (TPSA) is 75.7 Å². The first-order valence-electron chi connectivity index (χ1n) is 10.3. The first kappa shape index (κ1) is 19.7. The smallest absolute Gasteiger partial charge is 0.279 e. The van der Waals surface area contributed by atoms with E-state index in [4.69, 9.17) is 4.74 Å². The van der Waals surface area contributed by atoms with Crippen LogP contribution in [0.2, 0.25) is 0 Å². The van der Waals surface area contributed by atoms with Crippen LogP contribution in [0.3, 0.4) is 0 Å². The lowest BCUT2D eigenvalue weighted by atomic mass is 9.81. The van der Waals surface area contributed by atoms with Crippen LogP contribution in [0.5, 0.6) is 5.75 Å². The summed E-state index contributed by atoms with van der Waals surface area (Å²) in [5.74, 6) is -0.859. The quantitative estimate of drug-likeness (QED) is 0.627. The second kappa shape index (κ2) is 7.01. The van der Waals surface area contributed by atoms with Gasteiger partial charge in [0.05, 0.1) is 11.8 Å². The van der Waals surface area contributed by atoms with E-state index < -0.39 is 12.0 Å². The molecule has 3 fully saturated rings. The summed E-state index contributed by atoms with van der Waals surface area (Å²) in [7, 11) is 0. The molecule has 1 aliphatic heterocycles. The van der Waals surface area contributed by atoms with Gasteiger partial charge in [0.25, 0.3) is 17.7 Å². The maximum Gasteiger partial charge on any atom is 0.279 e. The Morgan fingerprint density at radius 1 is 1.03 bits per heavy atom. The highest BCUT2D eigenvalue weighted by atomic mass is 16.5. The Hall–Kier alpha value is -2.63. The van der Waals surface area contributed by atoms with Crippen molar-refractivity contribution in [1.82, 2.24) is 10.4 Å². The van der Waals surface area contributed by atoms with Crippen LogP contribution in [-0.4, -0.2) is 28.8 Å². The molecule has 0 spiro atoms. The number of imide groups is 1. The Morgan fingerprint density at radius 2 is 1.55 bits per heavy atom. The van der Waals surface area contributed by atoms with Crippen LogP contribution < -0.4 is 10.2 Å². The van der Waals surface area contributed by atoms with Gasteiger partial charge in [0, 0.05) is 0 Å². The first-order chi connectivity index (χ1) is 13.7.